The van der Waals surface area contributed by atoms with Crippen molar-refractivity contribution >= 4 is 11.1 Å². The van der Waals surface area contributed by atoms with Gasteiger partial charge in [-0.15, -0.1) is 9.36 Å². The zero-order chi connectivity index (χ0) is 11.1. The van der Waals surface area contributed by atoms with E-state index in [4.69, 9.17) is 4.42 Å². The van der Waals surface area contributed by atoms with Crippen LogP contribution in [0.15, 0.2) is 34.9 Å². The first-order valence-electron chi connectivity index (χ1n) is 5.00. The molecular formula is C11H11N4O+. The van der Waals surface area contributed by atoms with Crippen molar-refractivity contribution in [1.82, 2.24) is 14.9 Å². The first-order valence-corrected chi connectivity index (χ1v) is 5.00. The second kappa shape index (κ2) is 3.16. The average molecular weight is 215 g/mol. The quantitative estimate of drug-likeness (QED) is 0.570. The summed E-state index contributed by atoms with van der Waals surface area (Å²) in [6, 6.07) is 7.71. The van der Waals surface area contributed by atoms with Crippen LogP contribution in [0.3, 0.4) is 0 Å². The van der Waals surface area contributed by atoms with Gasteiger partial charge in [-0.2, -0.15) is 0 Å². The fourth-order valence-electron chi connectivity index (χ4n) is 1.72. The molecule has 1 aromatic carbocycles. The van der Waals surface area contributed by atoms with Crippen LogP contribution in [0.1, 0.15) is 0 Å². The topological polar surface area (TPSA) is 47.7 Å². The molecule has 0 unspecified atom stereocenters. The number of hydrogen-bond donors (Lipinski definition) is 0. The van der Waals surface area contributed by atoms with Crippen LogP contribution >= 0.6 is 0 Å². The molecule has 3 aromatic rings. The molecule has 2 heterocycles. The van der Waals surface area contributed by atoms with Crippen molar-refractivity contribution in [2.75, 3.05) is 0 Å². The Kier molecular flexibility index (Phi) is 1.80. The summed E-state index contributed by atoms with van der Waals surface area (Å²) in [7, 11) is 3.73. The molecule has 0 aliphatic rings. The number of hydrogen-bond acceptors (Lipinski definition) is 3. The molecule has 0 amide bonds. The highest BCUT2D eigenvalue weighted by Crippen LogP contribution is 2.22. The molecule has 0 radical (unpaired) electrons. The van der Waals surface area contributed by atoms with E-state index in [0.29, 0.717) is 5.89 Å². The van der Waals surface area contributed by atoms with Gasteiger partial charge in [0.15, 0.2) is 11.8 Å². The SMILES string of the molecule is Cn1n[n+](C)cc1-c1nc2ccccc2o1. The first-order chi connectivity index (χ1) is 7.74. The maximum Gasteiger partial charge on any atom is 0.274 e. The molecule has 0 atom stereocenters. The smallest absolute Gasteiger partial charge is 0.274 e. The molecular weight excluding hydrogens is 204 g/mol. The summed E-state index contributed by atoms with van der Waals surface area (Å²) in [5.74, 6) is 0.594. The van der Waals surface area contributed by atoms with Gasteiger partial charge in [0.1, 0.15) is 19.6 Å². The Labute approximate surface area is 91.9 Å². The van der Waals surface area contributed by atoms with Gasteiger partial charge in [-0.1, -0.05) is 12.1 Å². The molecule has 0 aliphatic heterocycles. The predicted octanol–water partition coefficient (Wildman–Crippen LogP) is 1.05. The van der Waals surface area contributed by atoms with Crippen LogP contribution in [0.5, 0.6) is 0 Å². The zero-order valence-corrected chi connectivity index (χ0v) is 9.08. The van der Waals surface area contributed by atoms with E-state index in [2.05, 4.69) is 10.2 Å². The van der Waals surface area contributed by atoms with Crippen LogP contribution in [0.4, 0.5) is 0 Å². The molecule has 2 aromatic heterocycles. The summed E-state index contributed by atoms with van der Waals surface area (Å²) >= 11 is 0. The van der Waals surface area contributed by atoms with Gasteiger partial charge in [0, 0.05) is 0 Å². The molecule has 0 spiro atoms. The van der Waals surface area contributed by atoms with E-state index in [-0.39, 0.29) is 0 Å². The van der Waals surface area contributed by atoms with Crippen molar-refractivity contribution in [1.29, 1.82) is 0 Å². The summed E-state index contributed by atoms with van der Waals surface area (Å²) in [6.07, 6.45) is 1.88. The van der Waals surface area contributed by atoms with E-state index in [1.54, 1.807) is 9.36 Å². The number of rotatable bonds is 1. The van der Waals surface area contributed by atoms with E-state index in [9.17, 15) is 0 Å². The number of aromatic nitrogens is 4. The Balaban J connectivity index is 2.22. The van der Waals surface area contributed by atoms with Crippen LogP contribution in [0, 0.1) is 0 Å². The minimum Gasteiger partial charge on any atom is -0.433 e. The number of para-hydroxylation sites is 2. The maximum absolute atomic E-state index is 5.66. The maximum atomic E-state index is 5.66. The Hall–Kier alpha value is -2.17. The van der Waals surface area contributed by atoms with Crippen LogP contribution in [0.2, 0.25) is 0 Å². The highest BCUT2D eigenvalue weighted by Gasteiger charge is 2.18. The summed E-state index contributed by atoms with van der Waals surface area (Å²) in [5, 5.41) is 4.19. The van der Waals surface area contributed by atoms with Gasteiger partial charge in [0.25, 0.3) is 11.6 Å². The lowest BCUT2D eigenvalue weighted by atomic mass is 10.3. The molecule has 0 aliphatic carbocycles. The third-order valence-electron chi connectivity index (χ3n) is 2.45. The lowest BCUT2D eigenvalue weighted by Gasteiger charge is -1.84. The number of oxazole rings is 1. The van der Waals surface area contributed by atoms with Gasteiger partial charge < -0.3 is 4.42 Å². The Morgan fingerprint density at radius 3 is 2.81 bits per heavy atom. The van der Waals surface area contributed by atoms with E-state index in [1.165, 1.54) is 0 Å². The van der Waals surface area contributed by atoms with Crippen molar-refractivity contribution in [3.8, 4) is 11.6 Å². The van der Waals surface area contributed by atoms with Crippen LogP contribution < -0.4 is 4.68 Å². The molecule has 0 bridgehead atoms. The largest absolute Gasteiger partial charge is 0.433 e. The molecule has 5 nitrogen and oxygen atoms in total. The molecule has 0 saturated heterocycles. The highest BCUT2D eigenvalue weighted by molar-refractivity contribution is 5.75. The zero-order valence-electron chi connectivity index (χ0n) is 9.08. The monoisotopic (exact) mass is 215 g/mol. The van der Waals surface area contributed by atoms with Gasteiger partial charge >= 0.3 is 0 Å². The highest BCUT2D eigenvalue weighted by atomic mass is 16.3. The molecule has 0 fully saturated rings. The van der Waals surface area contributed by atoms with E-state index in [1.807, 2.05) is 44.6 Å². The second-order valence-electron chi connectivity index (χ2n) is 3.69. The normalized spacial score (nSPS) is 11.1. The number of benzene rings is 1. The van der Waals surface area contributed by atoms with Crippen LogP contribution in [-0.4, -0.2) is 14.9 Å². The lowest BCUT2D eigenvalue weighted by Crippen LogP contribution is -2.29. The van der Waals surface area contributed by atoms with Crippen LogP contribution in [-0.2, 0) is 14.1 Å². The predicted molar refractivity (Wildman–Crippen MR) is 57.4 cm³/mol. The lowest BCUT2D eigenvalue weighted by molar-refractivity contribution is -0.732. The van der Waals surface area contributed by atoms with Crippen molar-refractivity contribution in [3.05, 3.63) is 30.5 Å². The van der Waals surface area contributed by atoms with E-state index >= 15 is 0 Å². The Morgan fingerprint density at radius 1 is 1.31 bits per heavy atom. The van der Waals surface area contributed by atoms with Gasteiger partial charge in [0.2, 0.25) is 0 Å². The summed E-state index contributed by atoms with van der Waals surface area (Å²) in [6.45, 7) is 0. The second-order valence-corrected chi connectivity index (χ2v) is 3.69. The summed E-state index contributed by atoms with van der Waals surface area (Å²) in [4.78, 5) is 4.42. The number of nitrogens with zero attached hydrogens (tertiary/aromatic N) is 4. The standard InChI is InChI=1S/C11H11N4O/c1-14-7-9(15(2)13-14)11-12-8-5-3-4-6-10(8)16-11/h3-7H,1-2H3/q+1. The molecule has 16 heavy (non-hydrogen) atoms. The van der Waals surface area contributed by atoms with E-state index < -0.39 is 0 Å². The van der Waals surface area contributed by atoms with Crippen molar-refractivity contribution in [2.24, 2.45) is 14.1 Å². The van der Waals surface area contributed by atoms with Crippen molar-refractivity contribution in [3.63, 3.8) is 0 Å². The Morgan fingerprint density at radius 2 is 2.12 bits per heavy atom. The van der Waals surface area contributed by atoms with Crippen molar-refractivity contribution < 1.29 is 9.10 Å². The molecule has 5 heteroatoms. The first kappa shape index (κ1) is 9.08. The van der Waals surface area contributed by atoms with Gasteiger partial charge in [-0.25, -0.2) is 4.98 Å². The third-order valence-corrected chi connectivity index (χ3v) is 2.45. The fraction of sp³-hybridized carbons (Fsp3) is 0.182. The summed E-state index contributed by atoms with van der Waals surface area (Å²) < 4.78 is 9.13. The number of aryl methyl sites for hydroxylation is 2. The molecule has 80 valence electrons. The van der Waals surface area contributed by atoms with Gasteiger partial charge in [-0.3, -0.25) is 0 Å². The third kappa shape index (κ3) is 1.29. The Bertz CT molecular complexity index is 620. The van der Waals surface area contributed by atoms with Crippen molar-refractivity contribution in [2.45, 2.75) is 0 Å². The van der Waals surface area contributed by atoms with Gasteiger partial charge in [-0.05, 0) is 12.1 Å². The number of fused-ring (bicyclic) bond motifs is 1. The minimum atomic E-state index is 0.594. The minimum absolute atomic E-state index is 0.594. The van der Waals surface area contributed by atoms with Gasteiger partial charge in [0.05, 0.1) is 5.21 Å². The van der Waals surface area contributed by atoms with Crippen LogP contribution in [0.25, 0.3) is 22.7 Å². The fourth-order valence-corrected chi connectivity index (χ4v) is 1.72. The molecule has 0 saturated carbocycles. The molecule has 3 rings (SSSR count). The summed E-state index contributed by atoms with van der Waals surface area (Å²) in [5.41, 5.74) is 2.52. The van der Waals surface area contributed by atoms with E-state index in [0.717, 1.165) is 16.8 Å². The molecule has 0 N–H and O–H groups in total. The average Bonchev–Trinajstić information content (AvgIpc) is 2.81.